The van der Waals surface area contributed by atoms with Gasteiger partial charge in [-0.3, -0.25) is 9.36 Å². The van der Waals surface area contributed by atoms with Crippen LogP contribution in [0.25, 0.3) is 11.0 Å². The molecular weight excluding hydrogens is 230 g/mol. The van der Waals surface area contributed by atoms with E-state index >= 15 is 0 Å². The summed E-state index contributed by atoms with van der Waals surface area (Å²) in [6, 6.07) is 1.82. The van der Waals surface area contributed by atoms with Gasteiger partial charge in [-0.2, -0.15) is 0 Å². The highest BCUT2D eigenvalue weighted by Crippen LogP contribution is 2.18. The number of rotatable bonds is 4. The van der Waals surface area contributed by atoms with Gasteiger partial charge in [-0.15, -0.1) is 0 Å². The Morgan fingerprint density at radius 1 is 1.56 bits per heavy atom. The summed E-state index contributed by atoms with van der Waals surface area (Å²) in [7, 11) is 0. The fraction of sp³-hybridized carbons (Fsp3) is 0.538. The van der Waals surface area contributed by atoms with Crippen molar-refractivity contribution in [1.82, 2.24) is 14.5 Å². The molecule has 0 radical (unpaired) electrons. The number of nitrogens with one attached hydrogen (secondary N) is 1. The van der Waals surface area contributed by atoms with Crippen LogP contribution in [0, 0.1) is 5.92 Å². The molecule has 96 valence electrons. The van der Waals surface area contributed by atoms with E-state index in [1.54, 1.807) is 17.1 Å². The minimum absolute atomic E-state index is 0.0210. The molecule has 1 atom stereocenters. The van der Waals surface area contributed by atoms with Crippen molar-refractivity contribution >= 4 is 11.0 Å². The molecule has 3 heterocycles. The number of hydrogen-bond donors (Lipinski definition) is 1. The van der Waals surface area contributed by atoms with Gasteiger partial charge in [0.1, 0.15) is 5.52 Å². The van der Waals surface area contributed by atoms with Crippen molar-refractivity contribution < 1.29 is 4.74 Å². The van der Waals surface area contributed by atoms with Gasteiger partial charge in [0.25, 0.3) is 5.56 Å². The normalized spacial score (nSPS) is 19.7. The molecule has 2 aromatic heterocycles. The summed E-state index contributed by atoms with van der Waals surface area (Å²) < 4.78 is 7.03. The summed E-state index contributed by atoms with van der Waals surface area (Å²) in [4.78, 5) is 19.3. The minimum Gasteiger partial charge on any atom is -0.381 e. The largest absolute Gasteiger partial charge is 0.381 e. The first-order valence-electron chi connectivity index (χ1n) is 6.45. The lowest BCUT2D eigenvalue weighted by molar-refractivity contribution is 0.183. The molecule has 2 aromatic rings. The Hall–Kier alpha value is -1.62. The van der Waals surface area contributed by atoms with Gasteiger partial charge >= 0.3 is 0 Å². The number of H-pyrrole nitrogens is 1. The van der Waals surface area contributed by atoms with Crippen molar-refractivity contribution in [2.75, 3.05) is 13.2 Å². The van der Waals surface area contributed by atoms with E-state index < -0.39 is 0 Å². The van der Waals surface area contributed by atoms with Crippen molar-refractivity contribution in [1.29, 1.82) is 0 Å². The van der Waals surface area contributed by atoms with Crippen LogP contribution in [0.4, 0.5) is 0 Å². The Bertz CT molecular complexity index is 581. The molecule has 1 aliphatic heterocycles. The van der Waals surface area contributed by atoms with Gasteiger partial charge in [0.15, 0.2) is 0 Å². The Balaban J connectivity index is 1.66. The van der Waals surface area contributed by atoms with Gasteiger partial charge < -0.3 is 9.72 Å². The van der Waals surface area contributed by atoms with Crippen LogP contribution < -0.4 is 5.56 Å². The molecular formula is C13H17N3O2. The van der Waals surface area contributed by atoms with E-state index in [4.69, 9.17) is 4.74 Å². The zero-order chi connectivity index (χ0) is 12.4. The van der Waals surface area contributed by atoms with E-state index in [0.717, 1.165) is 44.5 Å². The second-order valence-corrected chi connectivity index (χ2v) is 4.85. The van der Waals surface area contributed by atoms with E-state index in [1.165, 1.54) is 0 Å². The third kappa shape index (κ3) is 2.18. The fourth-order valence-electron chi connectivity index (χ4n) is 2.49. The van der Waals surface area contributed by atoms with Gasteiger partial charge in [-0.1, -0.05) is 0 Å². The maximum Gasteiger partial charge on any atom is 0.277 e. The highest BCUT2D eigenvalue weighted by Gasteiger charge is 2.15. The Labute approximate surface area is 105 Å². The number of hydrogen-bond acceptors (Lipinski definition) is 3. The van der Waals surface area contributed by atoms with E-state index in [0.29, 0.717) is 11.4 Å². The molecule has 1 aliphatic rings. The standard InChI is InChI=1S/C13H17N3O2/c17-13-12-11(3-5-14-12)15-9-16(13)6-1-2-10-4-7-18-8-10/h3,5,9-10,14H,1-2,4,6-8H2. The summed E-state index contributed by atoms with van der Waals surface area (Å²) in [5, 5.41) is 0. The van der Waals surface area contributed by atoms with Crippen LogP contribution in [-0.2, 0) is 11.3 Å². The van der Waals surface area contributed by atoms with Crippen LogP contribution in [0.3, 0.4) is 0 Å². The van der Waals surface area contributed by atoms with Crippen molar-refractivity contribution in [3.8, 4) is 0 Å². The fourth-order valence-corrected chi connectivity index (χ4v) is 2.49. The number of aryl methyl sites for hydroxylation is 1. The maximum absolute atomic E-state index is 12.1. The average molecular weight is 247 g/mol. The van der Waals surface area contributed by atoms with Crippen molar-refractivity contribution in [3.63, 3.8) is 0 Å². The molecule has 0 aromatic carbocycles. The number of ether oxygens (including phenoxy) is 1. The van der Waals surface area contributed by atoms with E-state index in [2.05, 4.69) is 9.97 Å². The topological polar surface area (TPSA) is 59.9 Å². The van der Waals surface area contributed by atoms with Crippen LogP contribution >= 0.6 is 0 Å². The molecule has 0 aliphatic carbocycles. The van der Waals surface area contributed by atoms with Crippen LogP contribution in [0.2, 0.25) is 0 Å². The third-order valence-electron chi connectivity index (χ3n) is 3.57. The number of aromatic nitrogens is 3. The van der Waals surface area contributed by atoms with Gasteiger partial charge in [0.05, 0.1) is 11.8 Å². The average Bonchev–Trinajstić information content (AvgIpc) is 3.02. The van der Waals surface area contributed by atoms with Gasteiger partial charge in [0, 0.05) is 26.0 Å². The quantitative estimate of drug-likeness (QED) is 0.891. The minimum atomic E-state index is 0.0210. The smallest absolute Gasteiger partial charge is 0.277 e. The Morgan fingerprint density at radius 3 is 3.33 bits per heavy atom. The molecule has 0 bridgehead atoms. The number of nitrogens with zero attached hydrogens (tertiary/aromatic N) is 2. The lowest BCUT2D eigenvalue weighted by Gasteiger charge is -2.08. The van der Waals surface area contributed by atoms with Crippen molar-refractivity contribution in [3.05, 3.63) is 28.9 Å². The molecule has 1 unspecified atom stereocenters. The van der Waals surface area contributed by atoms with Crippen LogP contribution in [0.15, 0.2) is 23.4 Å². The Morgan fingerprint density at radius 2 is 2.50 bits per heavy atom. The molecule has 3 rings (SSSR count). The number of aromatic amines is 1. The zero-order valence-electron chi connectivity index (χ0n) is 10.3. The Kier molecular flexibility index (Phi) is 3.15. The lowest BCUT2D eigenvalue weighted by Crippen LogP contribution is -2.21. The molecule has 0 amide bonds. The summed E-state index contributed by atoms with van der Waals surface area (Å²) in [6.07, 6.45) is 6.67. The summed E-state index contributed by atoms with van der Waals surface area (Å²) in [5.74, 6) is 0.669. The van der Waals surface area contributed by atoms with Crippen LogP contribution in [0.1, 0.15) is 19.3 Å². The third-order valence-corrected chi connectivity index (χ3v) is 3.57. The lowest BCUT2D eigenvalue weighted by atomic mass is 10.0. The highest BCUT2D eigenvalue weighted by molar-refractivity contribution is 5.73. The summed E-state index contributed by atoms with van der Waals surface area (Å²) in [6.45, 7) is 2.50. The van der Waals surface area contributed by atoms with E-state index in [9.17, 15) is 4.79 Å². The van der Waals surface area contributed by atoms with Crippen LogP contribution in [0.5, 0.6) is 0 Å². The molecule has 1 fully saturated rings. The molecule has 5 heteroatoms. The SMILES string of the molecule is O=c1c2[nH]ccc2ncn1CCCC1CCOC1. The zero-order valence-corrected chi connectivity index (χ0v) is 10.3. The highest BCUT2D eigenvalue weighted by atomic mass is 16.5. The van der Waals surface area contributed by atoms with Gasteiger partial charge in [-0.25, -0.2) is 4.98 Å². The molecule has 0 spiro atoms. The predicted octanol–water partition coefficient (Wildman–Crippen LogP) is 1.54. The number of fused-ring (bicyclic) bond motifs is 1. The van der Waals surface area contributed by atoms with Crippen LogP contribution in [-0.4, -0.2) is 27.7 Å². The van der Waals surface area contributed by atoms with Crippen molar-refractivity contribution in [2.45, 2.75) is 25.8 Å². The first kappa shape index (κ1) is 11.5. The van der Waals surface area contributed by atoms with Gasteiger partial charge in [0.2, 0.25) is 0 Å². The molecule has 1 saturated heterocycles. The molecule has 5 nitrogen and oxygen atoms in total. The molecule has 18 heavy (non-hydrogen) atoms. The van der Waals surface area contributed by atoms with E-state index in [-0.39, 0.29) is 5.56 Å². The first-order chi connectivity index (χ1) is 8.84. The second kappa shape index (κ2) is 4.94. The van der Waals surface area contributed by atoms with E-state index in [1.807, 2.05) is 6.07 Å². The summed E-state index contributed by atoms with van der Waals surface area (Å²) >= 11 is 0. The second-order valence-electron chi connectivity index (χ2n) is 4.85. The summed E-state index contributed by atoms with van der Waals surface area (Å²) in [5.41, 5.74) is 1.36. The molecule has 1 N–H and O–H groups in total. The van der Waals surface area contributed by atoms with Crippen molar-refractivity contribution in [2.24, 2.45) is 5.92 Å². The van der Waals surface area contributed by atoms with Gasteiger partial charge in [-0.05, 0) is 31.2 Å². The predicted molar refractivity (Wildman–Crippen MR) is 68.5 cm³/mol. The monoisotopic (exact) mass is 247 g/mol. The maximum atomic E-state index is 12.1. The molecule has 0 saturated carbocycles. The first-order valence-corrected chi connectivity index (χ1v) is 6.45.